The summed E-state index contributed by atoms with van der Waals surface area (Å²) in [5.41, 5.74) is 0.925. The van der Waals surface area contributed by atoms with Crippen molar-refractivity contribution < 1.29 is 19.0 Å². The van der Waals surface area contributed by atoms with Gasteiger partial charge >= 0.3 is 0 Å². The number of hydrogen-bond acceptors (Lipinski definition) is 5. The fourth-order valence-corrected chi connectivity index (χ4v) is 3.31. The van der Waals surface area contributed by atoms with Crippen LogP contribution >= 0.6 is 0 Å². The highest BCUT2D eigenvalue weighted by atomic mass is 16.7. The SMILES string of the molecule is CC(C)Oc1ccccc1NCCC(=O)N1CCC2(CC1)OCCO2. The van der Waals surface area contributed by atoms with E-state index in [2.05, 4.69) is 5.32 Å². The fraction of sp³-hybridized carbons (Fsp3) is 0.632. The van der Waals surface area contributed by atoms with E-state index in [-0.39, 0.29) is 12.0 Å². The molecule has 1 spiro atoms. The van der Waals surface area contributed by atoms with Gasteiger partial charge in [-0.05, 0) is 26.0 Å². The minimum atomic E-state index is -0.428. The number of amides is 1. The van der Waals surface area contributed by atoms with Gasteiger partial charge in [0.15, 0.2) is 5.79 Å². The van der Waals surface area contributed by atoms with Crippen LogP contribution in [0.15, 0.2) is 24.3 Å². The maximum atomic E-state index is 12.4. The van der Waals surface area contributed by atoms with E-state index < -0.39 is 5.79 Å². The summed E-state index contributed by atoms with van der Waals surface area (Å²) in [5, 5.41) is 3.32. The summed E-state index contributed by atoms with van der Waals surface area (Å²) in [5.74, 6) is 0.560. The van der Waals surface area contributed by atoms with Gasteiger partial charge in [0, 0.05) is 38.9 Å². The molecule has 2 aliphatic rings. The summed E-state index contributed by atoms with van der Waals surface area (Å²) in [6, 6.07) is 7.82. The van der Waals surface area contributed by atoms with Crippen LogP contribution in [0, 0.1) is 0 Å². The Morgan fingerprint density at radius 3 is 2.60 bits per heavy atom. The van der Waals surface area contributed by atoms with E-state index in [1.165, 1.54) is 0 Å². The van der Waals surface area contributed by atoms with Gasteiger partial charge in [-0.3, -0.25) is 4.79 Å². The van der Waals surface area contributed by atoms with E-state index in [1.807, 2.05) is 43.0 Å². The van der Waals surface area contributed by atoms with Crippen LogP contribution in [0.1, 0.15) is 33.1 Å². The standard InChI is InChI=1S/C19H28N2O4/c1-15(2)25-17-6-4-3-5-16(17)20-10-7-18(22)21-11-8-19(9-12-21)23-13-14-24-19/h3-6,15,20H,7-14H2,1-2H3. The first-order chi connectivity index (χ1) is 12.1. The predicted octanol–water partition coefficient (Wildman–Crippen LogP) is 2.64. The van der Waals surface area contributed by atoms with E-state index >= 15 is 0 Å². The maximum absolute atomic E-state index is 12.4. The van der Waals surface area contributed by atoms with Crippen LogP contribution in [0.4, 0.5) is 5.69 Å². The number of benzene rings is 1. The van der Waals surface area contributed by atoms with E-state index in [4.69, 9.17) is 14.2 Å². The first-order valence-corrected chi connectivity index (χ1v) is 9.13. The summed E-state index contributed by atoms with van der Waals surface area (Å²) in [6.07, 6.45) is 2.10. The van der Waals surface area contributed by atoms with E-state index in [9.17, 15) is 4.79 Å². The van der Waals surface area contributed by atoms with Crippen LogP contribution in [0.25, 0.3) is 0 Å². The predicted molar refractivity (Wildman–Crippen MR) is 95.8 cm³/mol. The van der Waals surface area contributed by atoms with Crippen LogP contribution in [0.5, 0.6) is 5.75 Å². The lowest BCUT2D eigenvalue weighted by Crippen LogP contribution is -2.47. The number of ether oxygens (including phenoxy) is 3. The number of para-hydroxylation sites is 2. The van der Waals surface area contributed by atoms with Gasteiger partial charge in [0.1, 0.15) is 5.75 Å². The second-order valence-corrected chi connectivity index (χ2v) is 6.83. The highest BCUT2D eigenvalue weighted by molar-refractivity contribution is 5.77. The number of nitrogens with one attached hydrogen (secondary N) is 1. The first kappa shape index (κ1) is 18.0. The van der Waals surface area contributed by atoms with Crippen molar-refractivity contribution in [3.63, 3.8) is 0 Å². The molecule has 1 amide bonds. The monoisotopic (exact) mass is 348 g/mol. The summed E-state index contributed by atoms with van der Waals surface area (Å²) < 4.78 is 17.2. The smallest absolute Gasteiger partial charge is 0.224 e. The second kappa shape index (κ2) is 8.06. The van der Waals surface area contributed by atoms with Crippen molar-refractivity contribution in [1.29, 1.82) is 0 Å². The molecule has 3 rings (SSSR count). The van der Waals surface area contributed by atoms with Crippen LogP contribution in [0.2, 0.25) is 0 Å². The number of rotatable bonds is 6. The average Bonchev–Trinajstić information content (AvgIpc) is 3.04. The third-order valence-electron chi connectivity index (χ3n) is 4.60. The van der Waals surface area contributed by atoms with Crippen molar-refractivity contribution in [2.75, 3.05) is 38.2 Å². The lowest BCUT2D eigenvalue weighted by molar-refractivity contribution is -0.187. The Bertz CT molecular complexity index is 575. The third kappa shape index (κ3) is 4.64. The topological polar surface area (TPSA) is 60.0 Å². The molecule has 2 fully saturated rings. The van der Waals surface area contributed by atoms with Crippen LogP contribution in [-0.2, 0) is 14.3 Å². The zero-order chi connectivity index (χ0) is 17.7. The molecule has 25 heavy (non-hydrogen) atoms. The number of carbonyl (C=O) groups excluding carboxylic acids is 1. The molecule has 2 heterocycles. The van der Waals surface area contributed by atoms with Crippen molar-refractivity contribution in [2.45, 2.75) is 45.0 Å². The third-order valence-corrected chi connectivity index (χ3v) is 4.60. The van der Waals surface area contributed by atoms with Gasteiger partial charge in [-0.25, -0.2) is 0 Å². The first-order valence-electron chi connectivity index (χ1n) is 9.13. The van der Waals surface area contributed by atoms with E-state index in [1.54, 1.807) is 0 Å². The van der Waals surface area contributed by atoms with Crippen molar-refractivity contribution in [3.05, 3.63) is 24.3 Å². The van der Waals surface area contributed by atoms with Gasteiger partial charge in [0.25, 0.3) is 0 Å². The largest absolute Gasteiger partial charge is 0.489 e. The highest BCUT2D eigenvalue weighted by Crippen LogP contribution is 2.31. The molecule has 0 aliphatic carbocycles. The Morgan fingerprint density at radius 1 is 1.24 bits per heavy atom. The molecule has 138 valence electrons. The van der Waals surface area contributed by atoms with Gasteiger partial charge < -0.3 is 24.4 Å². The van der Waals surface area contributed by atoms with Crippen molar-refractivity contribution in [2.24, 2.45) is 0 Å². The molecule has 1 aromatic carbocycles. The van der Waals surface area contributed by atoms with Crippen LogP contribution in [0.3, 0.4) is 0 Å². The number of piperidine rings is 1. The van der Waals surface area contributed by atoms with Gasteiger partial charge in [-0.15, -0.1) is 0 Å². The van der Waals surface area contributed by atoms with Crippen molar-refractivity contribution in [1.82, 2.24) is 4.90 Å². The summed E-state index contributed by atoms with van der Waals surface area (Å²) in [7, 11) is 0. The number of hydrogen-bond donors (Lipinski definition) is 1. The van der Waals surface area contributed by atoms with E-state index in [0.29, 0.717) is 39.3 Å². The molecular weight excluding hydrogens is 320 g/mol. The molecule has 2 aliphatic heterocycles. The summed E-state index contributed by atoms with van der Waals surface area (Å²) in [6.45, 7) is 7.32. The number of nitrogens with zero attached hydrogens (tertiary/aromatic N) is 1. The molecule has 0 radical (unpaired) electrons. The maximum Gasteiger partial charge on any atom is 0.224 e. The molecule has 0 aromatic heterocycles. The Balaban J connectivity index is 1.44. The van der Waals surface area contributed by atoms with Gasteiger partial charge in [0.05, 0.1) is 25.0 Å². The van der Waals surface area contributed by atoms with Crippen molar-refractivity contribution >= 4 is 11.6 Å². The van der Waals surface area contributed by atoms with Crippen LogP contribution < -0.4 is 10.1 Å². The molecule has 1 N–H and O–H groups in total. The minimum Gasteiger partial charge on any atom is -0.489 e. The molecule has 0 saturated carbocycles. The molecule has 6 nitrogen and oxygen atoms in total. The summed E-state index contributed by atoms with van der Waals surface area (Å²) >= 11 is 0. The Kier molecular flexibility index (Phi) is 5.81. The number of carbonyl (C=O) groups is 1. The Hall–Kier alpha value is -1.79. The fourth-order valence-electron chi connectivity index (χ4n) is 3.31. The minimum absolute atomic E-state index is 0.116. The zero-order valence-corrected chi connectivity index (χ0v) is 15.1. The highest BCUT2D eigenvalue weighted by Gasteiger charge is 2.40. The molecule has 1 aromatic rings. The molecule has 0 unspecified atom stereocenters. The molecule has 0 bridgehead atoms. The van der Waals surface area contributed by atoms with Gasteiger partial charge in [-0.2, -0.15) is 0 Å². The molecule has 6 heteroatoms. The summed E-state index contributed by atoms with van der Waals surface area (Å²) in [4.78, 5) is 14.3. The van der Waals surface area contributed by atoms with Gasteiger partial charge in [0.2, 0.25) is 5.91 Å². The Morgan fingerprint density at radius 2 is 1.92 bits per heavy atom. The quantitative estimate of drug-likeness (QED) is 0.856. The molecule has 0 atom stereocenters. The van der Waals surface area contributed by atoms with E-state index in [0.717, 1.165) is 24.3 Å². The lowest BCUT2D eigenvalue weighted by atomic mass is 10.0. The number of anilines is 1. The molecular formula is C19H28N2O4. The average molecular weight is 348 g/mol. The van der Waals surface area contributed by atoms with Crippen LogP contribution in [-0.4, -0.2) is 55.5 Å². The van der Waals surface area contributed by atoms with Crippen molar-refractivity contribution in [3.8, 4) is 5.75 Å². The molecule has 2 saturated heterocycles. The number of likely N-dealkylation sites (tertiary alicyclic amines) is 1. The zero-order valence-electron chi connectivity index (χ0n) is 15.1. The van der Waals surface area contributed by atoms with Gasteiger partial charge in [-0.1, -0.05) is 12.1 Å². The lowest BCUT2D eigenvalue weighted by Gasteiger charge is -2.37. The normalized spacial score (nSPS) is 19.4. The second-order valence-electron chi connectivity index (χ2n) is 6.83. The Labute approximate surface area is 149 Å².